The Morgan fingerprint density at radius 3 is 3.12 bits per heavy atom. The molecule has 0 amide bonds. The molecule has 1 radical (unpaired) electrons. The Morgan fingerprint density at radius 2 is 2.62 bits per heavy atom. The molecular weight excluding hydrogens is 118 g/mol. The molecule has 0 aliphatic heterocycles. The maximum Gasteiger partial charge on any atom is 0.0475 e. The van der Waals surface area contributed by atoms with Crippen LogP contribution in [0.4, 0.5) is 0 Å². The van der Waals surface area contributed by atoms with Gasteiger partial charge in [-0.1, -0.05) is 6.07 Å². The Kier molecular flexibility index (Phi) is 2.06. The molecule has 0 atom stereocenters. The van der Waals surface area contributed by atoms with Crippen molar-refractivity contribution in [3.05, 3.63) is 22.4 Å². The lowest BCUT2D eigenvalue weighted by molar-refractivity contribution is 0.813. The first-order valence-corrected chi connectivity index (χ1v) is 3.39. The van der Waals surface area contributed by atoms with E-state index in [0.29, 0.717) is 0 Å². The molecule has 1 heterocycles. The molecule has 8 heavy (non-hydrogen) atoms. The Morgan fingerprint density at radius 1 is 1.75 bits per heavy atom. The summed E-state index contributed by atoms with van der Waals surface area (Å²) in [5, 5.41) is 6.06. The van der Waals surface area contributed by atoms with E-state index in [9.17, 15) is 0 Å². The highest BCUT2D eigenvalue weighted by Crippen LogP contribution is 2.06. The van der Waals surface area contributed by atoms with Gasteiger partial charge in [-0.15, -0.1) is 11.3 Å². The van der Waals surface area contributed by atoms with Gasteiger partial charge in [-0.2, -0.15) is 0 Å². The van der Waals surface area contributed by atoms with Crippen molar-refractivity contribution in [2.75, 3.05) is 7.05 Å². The fourth-order valence-electron chi connectivity index (χ4n) is 0.558. The minimum Gasteiger partial charge on any atom is -0.240 e. The summed E-state index contributed by atoms with van der Waals surface area (Å²) in [6.07, 6.45) is 0. The summed E-state index contributed by atoms with van der Waals surface area (Å²) in [6, 6.07) is 4.14. The number of hydrogen-bond acceptors (Lipinski definition) is 1. The summed E-state index contributed by atoms with van der Waals surface area (Å²) in [5.41, 5.74) is 0. The van der Waals surface area contributed by atoms with Crippen molar-refractivity contribution in [3.63, 3.8) is 0 Å². The van der Waals surface area contributed by atoms with Crippen molar-refractivity contribution < 1.29 is 0 Å². The second kappa shape index (κ2) is 2.84. The van der Waals surface area contributed by atoms with Crippen LogP contribution in [-0.2, 0) is 6.54 Å². The molecule has 1 rings (SSSR count). The number of thiophene rings is 1. The zero-order chi connectivity index (χ0) is 5.82. The van der Waals surface area contributed by atoms with Gasteiger partial charge in [0.25, 0.3) is 0 Å². The quantitative estimate of drug-likeness (QED) is 0.570. The minimum atomic E-state index is 0.873. The highest BCUT2D eigenvalue weighted by molar-refractivity contribution is 7.09. The SMILES string of the molecule is C[N]Cc1cccs1. The molecule has 0 saturated heterocycles. The Labute approximate surface area is 53.4 Å². The highest BCUT2D eigenvalue weighted by Gasteiger charge is 1.87. The second-order valence-electron chi connectivity index (χ2n) is 1.55. The molecule has 1 nitrogen and oxygen atoms in total. The maximum atomic E-state index is 3.99. The largest absolute Gasteiger partial charge is 0.240 e. The zero-order valence-corrected chi connectivity index (χ0v) is 5.61. The molecule has 0 aliphatic rings. The molecule has 0 fully saturated rings. The Bertz CT molecular complexity index is 134. The first kappa shape index (κ1) is 5.79. The van der Waals surface area contributed by atoms with Gasteiger partial charge in [-0.05, 0) is 11.4 Å². The van der Waals surface area contributed by atoms with Crippen LogP contribution in [0, 0.1) is 0 Å². The second-order valence-corrected chi connectivity index (χ2v) is 2.59. The molecule has 0 bridgehead atoms. The number of nitrogens with zero attached hydrogens (tertiary/aromatic N) is 1. The molecule has 0 unspecified atom stereocenters. The lowest BCUT2D eigenvalue weighted by Gasteiger charge is -1.86. The fraction of sp³-hybridized carbons (Fsp3) is 0.333. The smallest absolute Gasteiger partial charge is 0.0475 e. The molecule has 1 aromatic heterocycles. The third-order valence-electron chi connectivity index (χ3n) is 0.894. The van der Waals surface area contributed by atoms with Crippen LogP contribution in [0.2, 0.25) is 0 Å². The van der Waals surface area contributed by atoms with Crippen LogP contribution in [0.25, 0.3) is 0 Å². The average Bonchev–Trinajstić information content (AvgIpc) is 2.19. The van der Waals surface area contributed by atoms with Gasteiger partial charge in [0.2, 0.25) is 0 Å². The Hall–Kier alpha value is -0.340. The maximum absolute atomic E-state index is 3.99. The van der Waals surface area contributed by atoms with E-state index in [2.05, 4.69) is 16.8 Å². The van der Waals surface area contributed by atoms with E-state index in [0.717, 1.165) is 6.54 Å². The van der Waals surface area contributed by atoms with Crippen molar-refractivity contribution in [1.29, 1.82) is 0 Å². The van der Waals surface area contributed by atoms with Crippen LogP contribution in [0.3, 0.4) is 0 Å². The van der Waals surface area contributed by atoms with E-state index < -0.39 is 0 Å². The van der Waals surface area contributed by atoms with Crippen LogP contribution in [0.1, 0.15) is 4.88 Å². The monoisotopic (exact) mass is 126 g/mol. The Balaban J connectivity index is 2.50. The van der Waals surface area contributed by atoms with Crippen molar-refractivity contribution in [2.24, 2.45) is 0 Å². The molecule has 0 aromatic carbocycles. The fourth-order valence-corrected chi connectivity index (χ4v) is 1.25. The minimum absolute atomic E-state index is 0.873. The molecule has 0 spiro atoms. The van der Waals surface area contributed by atoms with Gasteiger partial charge in [0.05, 0.1) is 0 Å². The normalized spacial score (nSPS) is 9.62. The molecule has 2 heteroatoms. The summed E-state index contributed by atoms with van der Waals surface area (Å²) in [4.78, 5) is 1.34. The van der Waals surface area contributed by atoms with Crippen LogP contribution < -0.4 is 5.32 Å². The van der Waals surface area contributed by atoms with E-state index >= 15 is 0 Å². The number of hydrogen-bond donors (Lipinski definition) is 0. The molecule has 43 valence electrons. The van der Waals surface area contributed by atoms with Crippen LogP contribution >= 0.6 is 11.3 Å². The molecule has 1 aromatic rings. The third kappa shape index (κ3) is 1.32. The summed E-state index contributed by atoms with van der Waals surface area (Å²) >= 11 is 1.75. The topological polar surface area (TPSA) is 14.1 Å². The van der Waals surface area contributed by atoms with E-state index in [4.69, 9.17) is 0 Å². The summed E-state index contributed by atoms with van der Waals surface area (Å²) < 4.78 is 0. The van der Waals surface area contributed by atoms with Gasteiger partial charge < -0.3 is 0 Å². The zero-order valence-electron chi connectivity index (χ0n) is 4.79. The van der Waals surface area contributed by atoms with Gasteiger partial charge in [0, 0.05) is 18.5 Å². The predicted octanol–water partition coefficient (Wildman–Crippen LogP) is 1.48. The van der Waals surface area contributed by atoms with Gasteiger partial charge in [-0.3, -0.25) is 0 Å². The van der Waals surface area contributed by atoms with E-state index in [1.54, 1.807) is 11.3 Å². The average molecular weight is 126 g/mol. The van der Waals surface area contributed by atoms with Gasteiger partial charge in [0.15, 0.2) is 0 Å². The lowest BCUT2D eigenvalue weighted by atomic mass is 10.5. The van der Waals surface area contributed by atoms with Crippen LogP contribution in [0.5, 0.6) is 0 Å². The summed E-state index contributed by atoms with van der Waals surface area (Å²) in [5.74, 6) is 0. The molecule has 0 aliphatic carbocycles. The van der Waals surface area contributed by atoms with Gasteiger partial charge in [0.1, 0.15) is 0 Å². The predicted molar refractivity (Wildman–Crippen MR) is 36.1 cm³/mol. The third-order valence-corrected chi connectivity index (χ3v) is 1.76. The first-order chi connectivity index (χ1) is 3.93. The molecule has 0 N–H and O–H groups in total. The van der Waals surface area contributed by atoms with Gasteiger partial charge in [-0.25, -0.2) is 5.32 Å². The van der Waals surface area contributed by atoms with Gasteiger partial charge >= 0.3 is 0 Å². The number of rotatable bonds is 2. The van der Waals surface area contributed by atoms with E-state index in [-0.39, 0.29) is 0 Å². The van der Waals surface area contributed by atoms with Crippen molar-refractivity contribution in [2.45, 2.75) is 6.54 Å². The lowest BCUT2D eigenvalue weighted by Crippen LogP contribution is -1.92. The summed E-state index contributed by atoms with van der Waals surface area (Å²) in [7, 11) is 1.83. The summed E-state index contributed by atoms with van der Waals surface area (Å²) in [6.45, 7) is 0.873. The molecular formula is C6H8NS. The molecule has 0 saturated carbocycles. The van der Waals surface area contributed by atoms with Crippen LogP contribution in [-0.4, -0.2) is 7.05 Å². The highest BCUT2D eigenvalue weighted by atomic mass is 32.1. The standard InChI is InChI=1S/C6H8NS/c1-7-5-6-3-2-4-8-6/h2-4H,5H2,1H3. The first-order valence-electron chi connectivity index (χ1n) is 2.51. The van der Waals surface area contributed by atoms with Crippen molar-refractivity contribution in [3.8, 4) is 0 Å². The van der Waals surface area contributed by atoms with E-state index in [1.165, 1.54) is 4.88 Å². The van der Waals surface area contributed by atoms with E-state index in [1.807, 2.05) is 13.1 Å². The van der Waals surface area contributed by atoms with Crippen LogP contribution in [0.15, 0.2) is 17.5 Å². The van der Waals surface area contributed by atoms with Crippen molar-refractivity contribution in [1.82, 2.24) is 5.32 Å². The van der Waals surface area contributed by atoms with Crippen molar-refractivity contribution >= 4 is 11.3 Å².